The molecule has 0 aromatic heterocycles. The van der Waals surface area contributed by atoms with E-state index in [1.54, 1.807) is 28.6 Å². The molecule has 2 unspecified atom stereocenters. The van der Waals surface area contributed by atoms with E-state index in [1.165, 1.54) is 4.90 Å². The summed E-state index contributed by atoms with van der Waals surface area (Å²) in [4.78, 5) is 25.9. The Bertz CT molecular complexity index is 796. The highest BCUT2D eigenvalue weighted by molar-refractivity contribution is 7.89. The molecular formula is C18H24ClN3O4S. The topological polar surface area (TPSA) is 86.8 Å². The Morgan fingerprint density at radius 1 is 1.00 bits per heavy atom. The molecule has 7 nitrogen and oxygen atoms in total. The zero-order valence-corrected chi connectivity index (χ0v) is 16.6. The van der Waals surface area contributed by atoms with Gasteiger partial charge >= 0.3 is 0 Å². The number of nitrogens with zero attached hydrogens (tertiary/aromatic N) is 2. The van der Waals surface area contributed by atoms with E-state index in [0.717, 1.165) is 25.8 Å². The van der Waals surface area contributed by atoms with Crippen LogP contribution >= 0.6 is 12.4 Å². The van der Waals surface area contributed by atoms with Crippen LogP contribution in [-0.4, -0.2) is 66.9 Å². The number of sulfonamides is 1. The summed E-state index contributed by atoms with van der Waals surface area (Å²) in [6, 6.07) is 6.83. The van der Waals surface area contributed by atoms with Gasteiger partial charge in [-0.3, -0.25) is 14.5 Å². The van der Waals surface area contributed by atoms with Crippen LogP contribution in [0.1, 0.15) is 46.4 Å². The zero-order chi connectivity index (χ0) is 18.3. The van der Waals surface area contributed by atoms with E-state index in [4.69, 9.17) is 0 Å². The number of imide groups is 1. The minimum atomic E-state index is -3.39. The fourth-order valence-electron chi connectivity index (χ4n) is 4.35. The highest BCUT2D eigenvalue weighted by Gasteiger charge is 2.42. The molecule has 3 heterocycles. The smallest absolute Gasteiger partial charge is 0.261 e. The van der Waals surface area contributed by atoms with Gasteiger partial charge in [-0.1, -0.05) is 12.1 Å². The number of fused-ring (bicyclic) bond motifs is 3. The Morgan fingerprint density at radius 2 is 1.63 bits per heavy atom. The Hall–Kier alpha value is -1.48. The number of amides is 2. The predicted molar refractivity (Wildman–Crippen MR) is 104 cm³/mol. The lowest BCUT2D eigenvalue weighted by Crippen LogP contribution is -2.44. The highest BCUT2D eigenvalue weighted by atomic mass is 35.5. The first-order valence-electron chi connectivity index (χ1n) is 9.16. The zero-order valence-electron chi connectivity index (χ0n) is 15.0. The van der Waals surface area contributed by atoms with Crippen LogP contribution in [-0.2, 0) is 10.0 Å². The second-order valence-corrected chi connectivity index (χ2v) is 9.18. The SMILES string of the molecule is Cl.O=C1c2ccccc2C(=O)N1CCCS(=O)(=O)N1C2CCNCC1CC2. The molecule has 3 aliphatic rings. The quantitative estimate of drug-likeness (QED) is 0.734. The number of hydrogen-bond acceptors (Lipinski definition) is 5. The molecule has 1 N–H and O–H groups in total. The van der Waals surface area contributed by atoms with E-state index in [0.29, 0.717) is 17.7 Å². The third-order valence-corrected chi connectivity index (χ3v) is 7.61. The standard InChI is InChI=1S/C18H23N3O4S.ClH/c22-17-15-4-1-2-5-16(15)18(23)20(17)10-3-11-26(24,25)21-13-6-7-14(21)12-19-9-8-13;/h1-2,4-5,13-14,19H,3,6-12H2;1H. The largest absolute Gasteiger partial charge is 0.315 e. The third kappa shape index (κ3) is 3.63. The maximum atomic E-state index is 12.9. The Morgan fingerprint density at radius 3 is 2.30 bits per heavy atom. The van der Waals surface area contributed by atoms with Crippen molar-refractivity contribution >= 4 is 34.2 Å². The fourth-order valence-corrected chi connectivity index (χ4v) is 6.35. The summed E-state index contributed by atoms with van der Waals surface area (Å²) in [5, 5.41) is 3.30. The van der Waals surface area contributed by atoms with Crippen LogP contribution < -0.4 is 5.32 Å². The van der Waals surface area contributed by atoms with Gasteiger partial charge in [0.1, 0.15) is 0 Å². The molecule has 2 amide bonds. The van der Waals surface area contributed by atoms with Crippen LogP contribution in [0.25, 0.3) is 0 Å². The summed E-state index contributed by atoms with van der Waals surface area (Å²) in [6.45, 7) is 1.68. The number of benzene rings is 1. The van der Waals surface area contributed by atoms with E-state index in [-0.39, 0.29) is 55.0 Å². The van der Waals surface area contributed by atoms with E-state index in [9.17, 15) is 18.0 Å². The first-order valence-corrected chi connectivity index (χ1v) is 10.8. The van der Waals surface area contributed by atoms with Gasteiger partial charge in [-0.2, -0.15) is 4.31 Å². The lowest BCUT2D eigenvalue weighted by molar-refractivity contribution is 0.0654. The van der Waals surface area contributed by atoms with Gasteiger partial charge in [-0.25, -0.2) is 8.42 Å². The molecule has 2 saturated heterocycles. The van der Waals surface area contributed by atoms with Gasteiger partial charge in [0.25, 0.3) is 11.8 Å². The highest BCUT2D eigenvalue weighted by Crippen LogP contribution is 2.31. The lowest BCUT2D eigenvalue weighted by atomic mass is 10.1. The van der Waals surface area contributed by atoms with Crippen molar-refractivity contribution in [2.24, 2.45) is 0 Å². The summed E-state index contributed by atoms with van der Waals surface area (Å²) in [5.74, 6) is -0.697. The average molecular weight is 414 g/mol. The van der Waals surface area contributed by atoms with Gasteiger partial charge < -0.3 is 5.32 Å². The number of halogens is 1. The van der Waals surface area contributed by atoms with Crippen molar-refractivity contribution < 1.29 is 18.0 Å². The van der Waals surface area contributed by atoms with Gasteiger partial charge in [0.2, 0.25) is 10.0 Å². The molecule has 9 heteroatoms. The lowest BCUT2D eigenvalue weighted by Gasteiger charge is -2.27. The van der Waals surface area contributed by atoms with Crippen molar-refractivity contribution in [2.45, 2.75) is 37.8 Å². The van der Waals surface area contributed by atoms with Gasteiger partial charge in [-0.05, 0) is 44.4 Å². The van der Waals surface area contributed by atoms with E-state index in [2.05, 4.69) is 5.32 Å². The molecule has 0 saturated carbocycles. The first kappa shape index (κ1) is 20.3. The Balaban J connectivity index is 0.00000210. The Kier molecular flexibility index (Phi) is 5.90. The summed E-state index contributed by atoms with van der Waals surface area (Å²) < 4.78 is 27.4. The molecule has 0 aliphatic carbocycles. The molecule has 0 radical (unpaired) electrons. The van der Waals surface area contributed by atoms with E-state index in [1.807, 2.05) is 0 Å². The van der Waals surface area contributed by atoms with Crippen LogP contribution in [0, 0.1) is 0 Å². The van der Waals surface area contributed by atoms with Gasteiger partial charge in [0.05, 0.1) is 16.9 Å². The first-order chi connectivity index (χ1) is 12.5. The molecule has 0 spiro atoms. The van der Waals surface area contributed by atoms with Crippen LogP contribution in [0.5, 0.6) is 0 Å². The van der Waals surface area contributed by atoms with Crippen LogP contribution in [0.4, 0.5) is 0 Å². The molecule has 1 aromatic carbocycles. The summed E-state index contributed by atoms with van der Waals surface area (Å²) >= 11 is 0. The molecule has 148 valence electrons. The summed E-state index contributed by atoms with van der Waals surface area (Å²) in [5.41, 5.74) is 0.800. The summed E-state index contributed by atoms with van der Waals surface area (Å²) in [7, 11) is -3.39. The van der Waals surface area contributed by atoms with Crippen molar-refractivity contribution in [1.29, 1.82) is 0 Å². The summed E-state index contributed by atoms with van der Waals surface area (Å²) in [6.07, 6.45) is 2.92. The second kappa shape index (κ2) is 7.87. The normalized spacial score (nSPS) is 25.3. The molecule has 3 aliphatic heterocycles. The van der Waals surface area contributed by atoms with Crippen molar-refractivity contribution in [1.82, 2.24) is 14.5 Å². The number of carbonyl (C=O) groups is 2. The molecule has 2 atom stereocenters. The molecule has 2 bridgehead atoms. The minimum Gasteiger partial charge on any atom is -0.315 e. The number of carbonyl (C=O) groups excluding carboxylic acids is 2. The molecule has 27 heavy (non-hydrogen) atoms. The van der Waals surface area contributed by atoms with Crippen molar-refractivity contribution in [3.8, 4) is 0 Å². The maximum Gasteiger partial charge on any atom is 0.261 e. The molecule has 4 rings (SSSR count). The predicted octanol–water partition coefficient (Wildman–Crippen LogP) is 1.25. The molecule has 2 fully saturated rings. The molecular weight excluding hydrogens is 390 g/mol. The van der Waals surface area contributed by atoms with Crippen molar-refractivity contribution in [2.75, 3.05) is 25.4 Å². The van der Waals surface area contributed by atoms with Gasteiger partial charge in [-0.15, -0.1) is 12.4 Å². The maximum absolute atomic E-state index is 12.9. The van der Waals surface area contributed by atoms with Crippen molar-refractivity contribution in [3.05, 3.63) is 35.4 Å². The van der Waals surface area contributed by atoms with Crippen LogP contribution in [0.2, 0.25) is 0 Å². The Labute approximate surface area is 165 Å². The minimum absolute atomic E-state index is 0. The van der Waals surface area contributed by atoms with Crippen LogP contribution in [0.15, 0.2) is 24.3 Å². The second-order valence-electron chi connectivity index (χ2n) is 7.18. The number of nitrogens with one attached hydrogen (secondary N) is 1. The monoisotopic (exact) mass is 413 g/mol. The fraction of sp³-hybridized carbons (Fsp3) is 0.556. The van der Waals surface area contributed by atoms with Crippen LogP contribution in [0.3, 0.4) is 0 Å². The average Bonchev–Trinajstić information content (AvgIpc) is 3.03. The number of rotatable bonds is 5. The number of hydrogen-bond donors (Lipinski definition) is 1. The van der Waals surface area contributed by atoms with Gasteiger partial charge in [0, 0.05) is 25.2 Å². The third-order valence-electron chi connectivity index (χ3n) is 5.57. The van der Waals surface area contributed by atoms with Crippen molar-refractivity contribution in [3.63, 3.8) is 0 Å². The molecule has 1 aromatic rings. The van der Waals surface area contributed by atoms with E-state index >= 15 is 0 Å². The van der Waals surface area contributed by atoms with E-state index < -0.39 is 10.0 Å². The van der Waals surface area contributed by atoms with Gasteiger partial charge in [0.15, 0.2) is 0 Å².